The van der Waals surface area contributed by atoms with Crippen molar-refractivity contribution in [1.29, 1.82) is 0 Å². The fourth-order valence-electron chi connectivity index (χ4n) is 2.84. The van der Waals surface area contributed by atoms with E-state index in [2.05, 4.69) is 17.2 Å². The third-order valence-electron chi connectivity index (χ3n) is 3.86. The topological polar surface area (TPSA) is 38.0 Å². The van der Waals surface area contributed by atoms with E-state index in [-0.39, 0.29) is 6.10 Å². The fraction of sp³-hybridized carbons (Fsp3) is 0.500. The summed E-state index contributed by atoms with van der Waals surface area (Å²) in [4.78, 5) is 0. The minimum Gasteiger partial charge on any atom is -0.391 e. The SMILES string of the molecule is OC(Cn1ncc2ccccc21)C1CCCC1. The summed E-state index contributed by atoms with van der Waals surface area (Å²) in [5.74, 6) is 0.470. The van der Waals surface area contributed by atoms with Gasteiger partial charge in [0.05, 0.1) is 24.4 Å². The van der Waals surface area contributed by atoms with Gasteiger partial charge in [0.1, 0.15) is 0 Å². The first-order chi connectivity index (χ1) is 8.34. The number of nitrogens with zero attached hydrogens (tertiary/aromatic N) is 2. The van der Waals surface area contributed by atoms with E-state index in [9.17, 15) is 5.11 Å². The second-order valence-corrected chi connectivity index (χ2v) is 5.00. The Bertz CT molecular complexity index is 500. The summed E-state index contributed by atoms with van der Waals surface area (Å²) in [7, 11) is 0. The summed E-state index contributed by atoms with van der Waals surface area (Å²) in [6.07, 6.45) is 6.49. The zero-order chi connectivity index (χ0) is 11.7. The van der Waals surface area contributed by atoms with E-state index in [1.807, 2.05) is 23.0 Å². The summed E-state index contributed by atoms with van der Waals surface area (Å²) < 4.78 is 1.93. The smallest absolute Gasteiger partial charge is 0.0764 e. The Balaban J connectivity index is 1.80. The van der Waals surface area contributed by atoms with Crippen molar-refractivity contribution in [1.82, 2.24) is 9.78 Å². The molecule has 0 saturated heterocycles. The molecule has 1 fully saturated rings. The molecule has 1 atom stereocenters. The summed E-state index contributed by atoms with van der Waals surface area (Å²) >= 11 is 0. The Morgan fingerprint density at radius 1 is 1.29 bits per heavy atom. The minimum atomic E-state index is -0.249. The predicted molar refractivity (Wildman–Crippen MR) is 67.7 cm³/mol. The van der Waals surface area contributed by atoms with Crippen molar-refractivity contribution < 1.29 is 5.11 Å². The Labute approximate surface area is 101 Å². The number of aliphatic hydroxyl groups is 1. The van der Waals surface area contributed by atoms with Crippen molar-refractivity contribution >= 4 is 10.9 Å². The largest absolute Gasteiger partial charge is 0.391 e. The number of hydrogen-bond donors (Lipinski definition) is 1. The van der Waals surface area contributed by atoms with Crippen LogP contribution in [0.1, 0.15) is 25.7 Å². The molecule has 3 nitrogen and oxygen atoms in total. The highest BCUT2D eigenvalue weighted by atomic mass is 16.3. The standard InChI is InChI=1S/C14H18N2O/c17-14(11-5-1-2-6-11)10-16-13-8-4-3-7-12(13)9-15-16/h3-4,7-9,11,14,17H,1-2,5-6,10H2. The molecule has 0 aliphatic heterocycles. The van der Waals surface area contributed by atoms with Gasteiger partial charge in [0.2, 0.25) is 0 Å². The third kappa shape index (κ3) is 2.07. The van der Waals surface area contributed by atoms with Gasteiger partial charge in [0.25, 0.3) is 0 Å². The van der Waals surface area contributed by atoms with E-state index in [4.69, 9.17) is 0 Å². The average molecular weight is 230 g/mol. The highest BCUT2D eigenvalue weighted by Crippen LogP contribution is 2.28. The summed E-state index contributed by atoms with van der Waals surface area (Å²) in [5.41, 5.74) is 1.12. The maximum Gasteiger partial charge on any atom is 0.0764 e. The van der Waals surface area contributed by atoms with Gasteiger partial charge in [0, 0.05) is 5.39 Å². The van der Waals surface area contributed by atoms with Gasteiger partial charge in [0.15, 0.2) is 0 Å². The maximum atomic E-state index is 10.2. The lowest BCUT2D eigenvalue weighted by Gasteiger charge is -2.17. The number of fused-ring (bicyclic) bond motifs is 1. The molecule has 2 aromatic rings. The van der Waals surface area contributed by atoms with Crippen molar-refractivity contribution in [2.45, 2.75) is 38.3 Å². The molecule has 1 unspecified atom stereocenters. The van der Waals surface area contributed by atoms with Crippen LogP contribution < -0.4 is 0 Å². The first kappa shape index (κ1) is 10.8. The lowest BCUT2D eigenvalue weighted by Crippen LogP contribution is -2.24. The molecular formula is C14H18N2O. The van der Waals surface area contributed by atoms with Crippen molar-refractivity contribution in [2.24, 2.45) is 5.92 Å². The van der Waals surface area contributed by atoms with E-state index >= 15 is 0 Å². The summed E-state index contributed by atoms with van der Waals surface area (Å²) in [5, 5.41) is 15.7. The van der Waals surface area contributed by atoms with E-state index in [0.29, 0.717) is 12.5 Å². The second-order valence-electron chi connectivity index (χ2n) is 5.00. The van der Waals surface area contributed by atoms with Crippen LogP contribution in [0.4, 0.5) is 0 Å². The molecule has 0 amide bonds. The molecule has 0 radical (unpaired) electrons. The van der Waals surface area contributed by atoms with Gasteiger partial charge in [-0.15, -0.1) is 0 Å². The van der Waals surface area contributed by atoms with Gasteiger partial charge in [-0.25, -0.2) is 0 Å². The molecule has 1 aromatic carbocycles. The number of benzene rings is 1. The Hall–Kier alpha value is -1.35. The lowest BCUT2D eigenvalue weighted by atomic mass is 10.0. The number of aromatic nitrogens is 2. The lowest BCUT2D eigenvalue weighted by molar-refractivity contribution is 0.0907. The number of hydrogen-bond acceptors (Lipinski definition) is 2. The van der Waals surface area contributed by atoms with E-state index < -0.39 is 0 Å². The molecule has 1 aromatic heterocycles. The third-order valence-corrected chi connectivity index (χ3v) is 3.86. The first-order valence-corrected chi connectivity index (χ1v) is 6.43. The van der Waals surface area contributed by atoms with Gasteiger partial charge >= 0.3 is 0 Å². The molecule has 1 aliphatic carbocycles. The maximum absolute atomic E-state index is 10.2. The zero-order valence-electron chi connectivity index (χ0n) is 9.92. The van der Waals surface area contributed by atoms with Crippen LogP contribution >= 0.6 is 0 Å². The Morgan fingerprint density at radius 2 is 2.06 bits per heavy atom. The van der Waals surface area contributed by atoms with Crippen LogP contribution in [0.2, 0.25) is 0 Å². The van der Waals surface area contributed by atoms with Gasteiger partial charge < -0.3 is 5.11 Å². The van der Waals surface area contributed by atoms with Gasteiger partial charge in [-0.2, -0.15) is 5.10 Å². The van der Waals surface area contributed by atoms with Crippen LogP contribution in [0.5, 0.6) is 0 Å². The highest BCUT2D eigenvalue weighted by Gasteiger charge is 2.23. The van der Waals surface area contributed by atoms with Crippen molar-refractivity contribution in [3.05, 3.63) is 30.5 Å². The summed E-state index contributed by atoms with van der Waals surface area (Å²) in [6, 6.07) is 8.15. The molecule has 90 valence electrons. The van der Waals surface area contributed by atoms with Crippen molar-refractivity contribution in [3.63, 3.8) is 0 Å². The van der Waals surface area contributed by atoms with Gasteiger partial charge in [-0.3, -0.25) is 4.68 Å². The molecule has 17 heavy (non-hydrogen) atoms. The number of para-hydroxylation sites is 1. The van der Waals surface area contributed by atoms with Crippen LogP contribution in [-0.2, 0) is 6.54 Å². The normalized spacial score (nSPS) is 18.9. The number of rotatable bonds is 3. The van der Waals surface area contributed by atoms with Crippen LogP contribution in [0.15, 0.2) is 30.5 Å². The Kier molecular flexibility index (Phi) is 2.85. The molecule has 1 N–H and O–H groups in total. The van der Waals surface area contributed by atoms with Crippen LogP contribution in [-0.4, -0.2) is 21.0 Å². The van der Waals surface area contributed by atoms with Crippen LogP contribution in [0.25, 0.3) is 10.9 Å². The van der Waals surface area contributed by atoms with Crippen molar-refractivity contribution in [3.8, 4) is 0 Å². The second kappa shape index (κ2) is 4.49. The highest BCUT2D eigenvalue weighted by molar-refractivity contribution is 5.78. The van der Waals surface area contributed by atoms with E-state index in [0.717, 1.165) is 10.9 Å². The van der Waals surface area contributed by atoms with Crippen LogP contribution in [0.3, 0.4) is 0 Å². The first-order valence-electron chi connectivity index (χ1n) is 6.43. The summed E-state index contributed by atoms with van der Waals surface area (Å²) in [6.45, 7) is 0.623. The minimum absolute atomic E-state index is 0.249. The van der Waals surface area contributed by atoms with Crippen molar-refractivity contribution in [2.75, 3.05) is 0 Å². The quantitative estimate of drug-likeness (QED) is 0.880. The monoisotopic (exact) mass is 230 g/mol. The average Bonchev–Trinajstić information content (AvgIpc) is 2.98. The van der Waals surface area contributed by atoms with Gasteiger partial charge in [-0.05, 0) is 24.8 Å². The molecule has 3 heteroatoms. The predicted octanol–water partition coefficient (Wildman–Crippen LogP) is 2.59. The number of aliphatic hydroxyl groups excluding tert-OH is 1. The van der Waals surface area contributed by atoms with Crippen LogP contribution in [0, 0.1) is 5.92 Å². The molecule has 0 spiro atoms. The van der Waals surface area contributed by atoms with Gasteiger partial charge in [-0.1, -0.05) is 31.0 Å². The molecular weight excluding hydrogens is 212 g/mol. The van der Waals surface area contributed by atoms with E-state index in [1.165, 1.54) is 25.7 Å². The van der Waals surface area contributed by atoms with E-state index in [1.54, 1.807) is 0 Å². The molecule has 1 saturated carbocycles. The zero-order valence-corrected chi connectivity index (χ0v) is 9.92. The fourth-order valence-corrected chi connectivity index (χ4v) is 2.84. The Morgan fingerprint density at radius 3 is 2.88 bits per heavy atom. The molecule has 3 rings (SSSR count). The molecule has 0 bridgehead atoms. The molecule has 1 aliphatic rings. The molecule has 1 heterocycles.